The summed E-state index contributed by atoms with van der Waals surface area (Å²) in [6, 6.07) is 3.09. The van der Waals surface area contributed by atoms with Gasteiger partial charge in [-0.1, -0.05) is 13.8 Å². The third kappa shape index (κ3) is 2.70. The molecule has 1 rings (SSSR count). The summed E-state index contributed by atoms with van der Waals surface area (Å²) in [6.45, 7) is 5.76. The number of aryl methyl sites for hydroxylation is 1. The number of hydrogen-bond acceptors (Lipinski definition) is 3. The van der Waals surface area contributed by atoms with Crippen molar-refractivity contribution >= 4 is 6.29 Å². The first-order valence-corrected chi connectivity index (χ1v) is 3.86. The fourth-order valence-corrected chi connectivity index (χ4v) is 0.656. The normalized spacial score (nSPS) is 8.25. The molecule has 1 aromatic heterocycles. The van der Waals surface area contributed by atoms with E-state index in [0.29, 0.717) is 6.29 Å². The molecule has 0 saturated carbocycles. The van der Waals surface area contributed by atoms with E-state index in [1.165, 1.54) is 6.07 Å². The summed E-state index contributed by atoms with van der Waals surface area (Å²) in [6.07, 6.45) is 0.530. The third-order valence-electron chi connectivity index (χ3n) is 1.15. The fourth-order valence-electron chi connectivity index (χ4n) is 0.656. The number of nitrogens with zero attached hydrogens (tertiary/aromatic N) is 1. The van der Waals surface area contributed by atoms with Gasteiger partial charge in [-0.05, 0) is 19.1 Å². The molecule has 0 atom stereocenters. The molecule has 0 bridgehead atoms. The van der Waals surface area contributed by atoms with Crippen molar-refractivity contribution in [3.8, 4) is 5.75 Å². The number of aldehydes is 1. The van der Waals surface area contributed by atoms with Gasteiger partial charge in [-0.3, -0.25) is 4.79 Å². The van der Waals surface area contributed by atoms with Crippen molar-refractivity contribution in [1.29, 1.82) is 0 Å². The molecule has 0 spiro atoms. The smallest absolute Gasteiger partial charge is 0.172 e. The van der Waals surface area contributed by atoms with Gasteiger partial charge in [0, 0.05) is 5.69 Å². The van der Waals surface area contributed by atoms with Crippen molar-refractivity contribution in [1.82, 2.24) is 4.98 Å². The zero-order chi connectivity index (χ0) is 9.56. The Hall–Kier alpha value is -1.38. The van der Waals surface area contributed by atoms with Gasteiger partial charge in [0.15, 0.2) is 6.29 Å². The Morgan fingerprint density at radius 2 is 2.00 bits per heavy atom. The van der Waals surface area contributed by atoms with Gasteiger partial charge < -0.3 is 5.11 Å². The highest BCUT2D eigenvalue weighted by Gasteiger charge is 1.98. The molecule has 0 aromatic carbocycles. The lowest BCUT2D eigenvalue weighted by atomic mass is 10.3. The Kier molecular flexibility index (Phi) is 4.69. The monoisotopic (exact) mass is 167 g/mol. The number of carbonyl (C=O) groups is 1. The van der Waals surface area contributed by atoms with Crippen LogP contribution in [0.4, 0.5) is 0 Å². The molecule has 0 aliphatic heterocycles. The van der Waals surface area contributed by atoms with E-state index >= 15 is 0 Å². The van der Waals surface area contributed by atoms with Crippen LogP contribution in [0.1, 0.15) is 30.0 Å². The highest BCUT2D eigenvalue weighted by atomic mass is 16.3. The highest BCUT2D eigenvalue weighted by molar-refractivity contribution is 5.75. The molecule has 1 N–H and O–H groups in total. The zero-order valence-electron chi connectivity index (χ0n) is 7.53. The maximum atomic E-state index is 10.2. The molecule has 0 aliphatic rings. The molecule has 0 unspecified atom stereocenters. The van der Waals surface area contributed by atoms with Crippen LogP contribution in [-0.2, 0) is 0 Å². The van der Waals surface area contributed by atoms with Crippen molar-refractivity contribution in [2.24, 2.45) is 0 Å². The van der Waals surface area contributed by atoms with E-state index in [2.05, 4.69) is 4.98 Å². The summed E-state index contributed by atoms with van der Waals surface area (Å²) in [5.74, 6) is -0.0689. The minimum atomic E-state index is -0.0689. The van der Waals surface area contributed by atoms with Crippen LogP contribution in [0.3, 0.4) is 0 Å². The van der Waals surface area contributed by atoms with E-state index in [9.17, 15) is 4.79 Å². The Morgan fingerprint density at radius 1 is 1.42 bits per heavy atom. The van der Waals surface area contributed by atoms with Gasteiger partial charge in [0.2, 0.25) is 0 Å². The van der Waals surface area contributed by atoms with Gasteiger partial charge in [0.05, 0.1) is 0 Å². The lowest BCUT2D eigenvalue weighted by Gasteiger charge is -1.95. The summed E-state index contributed by atoms with van der Waals surface area (Å²) in [5.41, 5.74) is 0.819. The summed E-state index contributed by atoms with van der Waals surface area (Å²) in [5, 5.41) is 8.94. The quantitative estimate of drug-likeness (QED) is 0.650. The molecule has 1 heterocycles. The molecule has 12 heavy (non-hydrogen) atoms. The summed E-state index contributed by atoms with van der Waals surface area (Å²) in [4.78, 5) is 13.9. The van der Waals surface area contributed by atoms with Crippen LogP contribution in [0.15, 0.2) is 12.1 Å². The van der Waals surface area contributed by atoms with Crippen LogP contribution in [-0.4, -0.2) is 16.4 Å². The highest BCUT2D eigenvalue weighted by Crippen LogP contribution is 2.11. The van der Waals surface area contributed by atoms with Crippen LogP contribution in [0.2, 0.25) is 0 Å². The first-order valence-electron chi connectivity index (χ1n) is 3.86. The number of aromatic hydroxyl groups is 1. The Morgan fingerprint density at radius 3 is 2.42 bits per heavy atom. The van der Waals surface area contributed by atoms with Crippen molar-refractivity contribution in [2.45, 2.75) is 20.8 Å². The molecule has 3 nitrogen and oxygen atoms in total. The van der Waals surface area contributed by atoms with Gasteiger partial charge in [0.1, 0.15) is 11.4 Å². The van der Waals surface area contributed by atoms with Crippen LogP contribution in [0.5, 0.6) is 5.75 Å². The van der Waals surface area contributed by atoms with Crippen molar-refractivity contribution < 1.29 is 9.90 Å². The molecule has 3 heteroatoms. The van der Waals surface area contributed by atoms with Gasteiger partial charge in [0.25, 0.3) is 0 Å². The minimum Gasteiger partial charge on any atom is -0.506 e. The van der Waals surface area contributed by atoms with Crippen LogP contribution in [0, 0.1) is 6.92 Å². The average Bonchev–Trinajstić information content (AvgIpc) is 2.13. The molecule has 66 valence electrons. The second kappa shape index (κ2) is 5.29. The molecule has 0 radical (unpaired) electrons. The Labute approximate surface area is 72.1 Å². The van der Waals surface area contributed by atoms with E-state index in [4.69, 9.17) is 5.11 Å². The predicted octanol–water partition coefficient (Wildman–Crippen LogP) is 1.93. The lowest BCUT2D eigenvalue weighted by Crippen LogP contribution is -1.89. The SMILES string of the molecule is CC.Cc1ccc(O)c(C=O)n1. The number of pyridine rings is 1. The van der Waals surface area contributed by atoms with Gasteiger partial charge in [-0.15, -0.1) is 0 Å². The summed E-state index contributed by atoms with van der Waals surface area (Å²) < 4.78 is 0. The molecule has 0 saturated heterocycles. The maximum Gasteiger partial charge on any atom is 0.172 e. The van der Waals surface area contributed by atoms with Gasteiger partial charge in [-0.2, -0.15) is 0 Å². The fraction of sp³-hybridized carbons (Fsp3) is 0.333. The summed E-state index contributed by atoms with van der Waals surface area (Å²) in [7, 11) is 0. The number of rotatable bonds is 1. The molecular weight excluding hydrogens is 154 g/mol. The molecule has 0 amide bonds. The van der Waals surface area contributed by atoms with Gasteiger partial charge in [-0.25, -0.2) is 4.98 Å². The topological polar surface area (TPSA) is 50.2 Å². The van der Waals surface area contributed by atoms with Crippen molar-refractivity contribution in [3.63, 3.8) is 0 Å². The second-order valence-electron chi connectivity index (χ2n) is 1.97. The number of aromatic nitrogens is 1. The zero-order valence-corrected chi connectivity index (χ0v) is 7.53. The van der Waals surface area contributed by atoms with Crippen LogP contribution < -0.4 is 0 Å². The largest absolute Gasteiger partial charge is 0.506 e. The van der Waals surface area contributed by atoms with E-state index in [-0.39, 0.29) is 11.4 Å². The van der Waals surface area contributed by atoms with Crippen LogP contribution >= 0.6 is 0 Å². The summed E-state index contributed by atoms with van der Waals surface area (Å²) >= 11 is 0. The first kappa shape index (κ1) is 10.6. The Balaban J connectivity index is 0.000000561. The third-order valence-corrected chi connectivity index (χ3v) is 1.15. The number of hydrogen-bond donors (Lipinski definition) is 1. The molecule has 1 aromatic rings. The predicted molar refractivity (Wildman–Crippen MR) is 47.4 cm³/mol. The average molecular weight is 167 g/mol. The van der Waals surface area contributed by atoms with Gasteiger partial charge >= 0.3 is 0 Å². The van der Waals surface area contributed by atoms with Crippen LogP contribution in [0.25, 0.3) is 0 Å². The molecular formula is C9H13NO2. The molecule has 0 fully saturated rings. The van der Waals surface area contributed by atoms with Crippen molar-refractivity contribution in [2.75, 3.05) is 0 Å². The molecule has 0 aliphatic carbocycles. The van der Waals surface area contributed by atoms with E-state index in [1.807, 2.05) is 13.8 Å². The van der Waals surface area contributed by atoms with E-state index in [1.54, 1.807) is 13.0 Å². The second-order valence-corrected chi connectivity index (χ2v) is 1.97. The van der Waals surface area contributed by atoms with E-state index < -0.39 is 0 Å². The van der Waals surface area contributed by atoms with Crippen molar-refractivity contribution in [3.05, 3.63) is 23.5 Å². The van der Waals surface area contributed by atoms with E-state index in [0.717, 1.165) is 5.69 Å². The standard InChI is InChI=1S/C7H7NO2.C2H6/c1-5-2-3-7(10)6(4-9)8-5;1-2/h2-4,10H,1H3;1-2H3. The minimum absolute atomic E-state index is 0.0689. The lowest BCUT2D eigenvalue weighted by molar-refractivity contribution is 0.111. The maximum absolute atomic E-state index is 10.2. The first-order chi connectivity index (χ1) is 5.74. The number of carbonyl (C=O) groups excluding carboxylic acids is 1. The Bertz CT molecular complexity index is 259.